The number of hydrogen-bond donors (Lipinski definition) is 0. The first-order valence-electron chi connectivity index (χ1n) is 9.76. The lowest BCUT2D eigenvalue weighted by molar-refractivity contribution is -0.117. The lowest BCUT2D eigenvalue weighted by Gasteiger charge is -2.19. The van der Waals surface area contributed by atoms with Crippen molar-refractivity contribution in [1.82, 2.24) is 9.97 Å². The highest BCUT2D eigenvalue weighted by Crippen LogP contribution is 2.26. The summed E-state index contributed by atoms with van der Waals surface area (Å²) in [5, 5.41) is 0. The van der Waals surface area contributed by atoms with Crippen LogP contribution in [0.4, 0.5) is 5.82 Å². The third kappa shape index (κ3) is 5.06. The van der Waals surface area contributed by atoms with Crippen molar-refractivity contribution in [3.05, 3.63) is 47.9 Å². The Morgan fingerprint density at radius 3 is 2.63 bits per heavy atom. The quantitative estimate of drug-likeness (QED) is 0.729. The molecule has 27 heavy (non-hydrogen) atoms. The van der Waals surface area contributed by atoms with Gasteiger partial charge in [0.25, 0.3) is 0 Å². The van der Waals surface area contributed by atoms with Gasteiger partial charge in [0.2, 0.25) is 0 Å². The zero-order valence-electron chi connectivity index (χ0n) is 16.7. The molecule has 1 aliphatic heterocycles. The number of hydrogen-bond acceptors (Lipinski definition) is 5. The number of benzene rings is 1. The lowest BCUT2D eigenvalue weighted by Crippen LogP contribution is -2.25. The van der Waals surface area contributed by atoms with Crippen LogP contribution in [0.2, 0.25) is 0 Å². The van der Waals surface area contributed by atoms with E-state index in [4.69, 9.17) is 4.74 Å². The summed E-state index contributed by atoms with van der Waals surface area (Å²) in [7, 11) is 0. The SMILES string of the molecule is CC(=O)C[C@@H](C)c1ccc(O[C@@H]2CCN(c3ccnc(C(C)C)n3)C2)cc1. The maximum atomic E-state index is 11.3. The predicted octanol–water partition coefficient (Wildman–Crippen LogP) is 4.34. The van der Waals surface area contributed by atoms with Crippen molar-refractivity contribution in [1.29, 1.82) is 0 Å². The monoisotopic (exact) mass is 367 g/mol. The second-order valence-corrected chi connectivity index (χ2v) is 7.78. The van der Waals surface area contributed by atoms with E-state index in [0.717, 1.165) is 36.9 Å². The van der Waals surface area contributed by atoms with Gasteiger partial charge in [-0.2, -0.15) is 0 Å². The normalized spacial score (nSPS) is 18.0. The molecule has 0 bridgehead atoms. The van der Waals surface area contributed by atoms with Crippen LogP contribution in [-0.4, -0.2) is 34.9 Å². The zero-order valence-corrected chi connectivity index (χ0v) is 16.7. The Kier molecular flexibility index (Phi) is 6.09. The summed E-state index contributed by atoms with van der Waals surface area (Å²) in [6, 6.07) is 10.1. The van der Waals surface area contributed by atoms with Gasteiger partial charge in [-0.1, -0.05) is 32.9 Å². The topological polar surface area (TPSA) is 55.3 Å². The van der Waals surface area contributed by atoms with E-state index in [9.17, 15) is 4.79 Å². The number of carbonyl (C=O) groups is 1. The Morgan fingerprint density at radius 2 is 1.96 bits per heavy atom. The highest BCUT2D eigenvalue weighted by atomic mass is 16.5. The van der Waals surface area contributed by atoms with Crippen LogP contribution >= 0.6 is 0 Å². The minimum atomic E-state index is 0.156. The van der Waals surface area contributed by atoms with Crippen LogP contribution in [0.5, 0.6) is 5.75 Å². The minimum Gasteiger partial charge on any atom is -0.489 e. The number of ketones is 1. The van der Waals surface area contributed by atoms with Crippen molar-refractivity contribution < 1.29 is 9.53 Å². The van der Waals surface area contributed by atoms with E-state index in [1.165, 1.54) is 5.56 Å². The van der Waals surface area contributed by atoms with Gasteiger partial charge >= 0.3 is 0 Å². The first kappa shape index (κ1) is 19.3. The second-order valence-electron chi connectivity index (χ2n) is 7.78. The summed E-state index contributed by atoms with van der Waals surface area (Å²) >= 11 is 0. The van der Waals surface area contributed by atoms with Crippen molar-refractivity contribution in [2.45, 2.75) is 58.5 Å². The molecule has 1 saturated heterocycles. The standard InChI is InChI=1S/C22H29N3O2/c1-15(2)22-23-11-9-21(24-22)25-12-10-20(14-25)27-19-7-5-18(6-8-19)16(3)13-17(4)26/h5-9,11,15-16,20H,10,12-14H2,1-4H3/t16-,20-/m1/s1. The van der Waals surface area contributed by atoms with Crippen LogP contribution in [0.1, 0.15) is 63.8 Å². The Bertz CT molecular complexity index is 773. The fraction of sp³-hybridized carbons (Fsp3) is 0.500. The highest BCUT2D eigenvalue weighted by molar-refractivity contribution is 5.76. The third-order valence-electron chi connectivity index (χ3n) is 4.99. The average molecular weight is 367 g/mol. The Labute approximate surface area is 161 Å². The Morgan fingerprint density at radius 1 is 1.22 bits per heavy atom. The van der Waals surface area contributed by atoms with E-state index in [-0.39, 0.29) is 17.8 Å². The van der Waals surface area contributed by atoms with E-state index in [2.05, 4.69) is 47.8 Å². The molecule has 0 aliphatic carbocycles. The third-order valence-corrected chi connectivity index (χ3v) is 4.99. The highest BCUT2D eigenvalue weighted by Gasteiger charge is 2.25. The number of ether oxygens (including phenoxy) is 1. The van der Waals surface area contributed by atoms with Crippen LogP contribution in [0.15, 0.2) is 36.5 Å². The van der Waals surface area contributed by atoms with Crippen LogP contribution in [0, 0.1) is 0 Å². The summed E-state index contributed by atoms with van der Waals surface area (Å²) in [4.78, 5) is 22.6. The number of anilines is 1. The number of Topliss-reactive ketones (excluding diaryl/α,β-unsaturated/α-hetero) is 1. The van der Waals surface area contributed by atoms with E-state index in [1.807, 2.05) is 24.4 Å². The fourth-order valence-electron chi connectivity index (χ4n) is 3.47. The first-order valence-corrected chi connectivity index (χ1v) is 9.76. The fourth-order valence-corrected chi connectivity index (χ4v) is 3.47. The van der Waals surface area contributed by atoms with E-state index in [0.29, 0.717) is 12.3 Å². The number of carbonyl (C=O) groups excluding carboxylic acids is 1. The first-order chi connectivity index (χ1) is 12.9. The number of rotatable bonds is 7. The molecule has 2 heterocycles. The molecule has 1 aromatic carbocycles. The molecule has 2 atom stereocenters. The van der Waals surface area contributed by atoms with E-state index >= 15 is 0 Å². The molecule has 0 unspecified atom stereocenters. The molecule has 0 saturated carbocycles. The Balaban J connectivity index is 1.58. The second kappa shape index (κ2) is 8.51. The van der Waals surface area contributed by atoms with Gasteiger partial charge in [0, 0.05) is 31.5 Å². The molecule has 1 aliphatic rings. The predicted molar refractivity (Wildman–Crippen MR) is 108 cm³/mol. The van der Waals surface area contributed by atoms with Crippen molar-refractivity contribution in [3.8, 4) is 5.75 Å². The van der Waals surface area contributed by atoms with Crippen LogP contribution in [0.3, 0.4) is 0 Å². The molecule has 0 N–H and O–H groups in total. The molecule has 1 aromatic heterocycles. The molecule has 2 aromatic rings. The minimum absolute atomic E-state index is 0.156. The molecule has 5 nitrogen and oxygen atoms in total. The van der Waals surface area contributed by atoms with Crippen molar-refractivity contribution >= 4 is 11.6 Å². The van der Waals surface area contributed by atoms with Gasteiger partial charge in [-0.3, -0.25) is 0 Å². The van der Waals surface area contributed by atoms with Gasteiger partial charge in [0.1, 0.15) is 29.3 Å². The summed E-state index contributed by atoms with van der Waals surface area (Å²) in [6.45, 7) is 9.71. The van der Waals surface area contributed by atoms with Gasteiger partial charge in [-0.05, 0) is 36.6 Å². The summed E-state index contributed by atoms with van der Waals surface area (Å²) in [5.41, 5.74) is 1.17. The molecule has 1 fully saturated rings. The molecular weight excluding hydrogens is 338 g/mol. The van der Waals surface area contributed by atoms with Crippen molar-refractivity contribution in [3.63, 3.8) is 0 Å². The van der Waals surface area contributed by atoms with Crippen LogP contribution < -0.4 is 9.64 Å². The molecule has 0 amide bonds. The van der Waals surface area contributed by atoms with Gasteiger partial charge < -0.3 is 14.4 Å². The summed E-state index contributed by atoms with van der Waals surface area (Å²) in [5.74, 6) is 3.53. The van der Waals surface area contributed by atoms with Gasteiger partial charge in [-0.15, -0.1) is 0 Å². The molecule has 144 valence electrons. The molecule has 5 heteroatoms. The van der Waals surface area contributed by atoms with Gasteiger partial charge in [-0.25, -0.2) is 9.97 Å². The zero-order chi connectivity index (χ0) is 19.4. The largest absolute Gasteiger partial charge is 0.489 e. The van der Waals surface area contributed by atoms with Crippen molar-refractivity contribution in [2.24, 2.45) is 0 Å². The molecule has 0 radical (unpaired) electrons. The van der Waals surface area contributed by atoms with Crippen LogP contribution in [0.25, 0.3) is 0 Å². The lowest BCUT2D eigenvalue weighted by atomic mass is 9.96. The average Bonchev–Trinajstić information content (AvgIpc) is 3.10. The molecule has 3 rings (SSSR count). The van der Waals surface area contributed by atoms with E-state index in [1.54, 1.807) is 6.92 Å². The summed E-state index contributed by atoms with van der Waals surface area (Å²) in [6.07, 6.45) is 3.55. The van der Waals surface area contributed by atoms with Gasteiger partial charge in [0.15, 0.2) is 0 Å². The maximum Gasteiger partial charge on any atom is 0.133 e. The Hall–Kier alpha value is -2.43. The smallest absolute Gasteiger partial charge is 0.133 e. The number of aromatic nitrogens is 2. The maximum absolute atomic E-state index is 11.3. The van der Waals surface area contributed by atoms with Gasteiger partial charge in [0.05, 0.1) is 6.54 Å². The molecular formula is C22H29N3O2. The van der Waals surface area contributed by atoms with E-state index < -0.39 is 0 Å². The van der Waals surface area contributed by atoms with Crippen molar-refractivity contribution in [2.75, 3.05) is 18.0 Å². The number of nitrogens with zero attached hydrogens (tertiary/aromatic N) is 3. The molecule has 0 spiro atoms. The van der Waals surface area contributed by atoms with Crippen LogP contribution in [-0.2, 0) is 4.79 Å². The summed E-state index contributed by atoms with van der Waals surface area (Å²) < 4.78 is 6.17.